The molecule has 1 atom stereocenters. The van der Waals surface area contributed by atoms with Crippen LogP contribution < -0.4 is 5.73 Å². The Kier molecular flexibility index (Phi) is 34.8. The molecule has 0 aromatic heterocycles. The van der Waals surface area contributed by atoms with Gasteiger partial charge >= 0.3 is 0 Å². The van der Waals surface area contributed by atoms with E-state index < -0.39 is 0 Å². The van der Waals surface area contributed by atoms with E-state index in [4.69, 9.17) is 5.73 Å². The molecule has 11 heavy (non-hydrogen) atoms. The summed E-state index contributed by atoms with van der Waals surface area (Å²) >= 11 is 0. The van der Waals surface area contributed by atoms with E-state index in [1.165, 1.54) is 0 Å². The largest absolute Gasteiger partial charge is 0.385 e. The van der Waals surface area contributed by atoms with Crippen LogP contribution in [0.25, 0.3) is 0 Å². The monoisotopic (exact) mass is 163 g/mol. The van der Waals surface area contributed by atoms with Crippen molar-refractivity contribution in [1.82, 2.24) is 0 Å². The Labute approximate surface area is 69.9 Å². The minimum atomic E-state index is -0.296. The third-order valence-electron chi connectivity index (χ3n) is 0.503. The summed E-state index contributed by atoms with van der Waals surface area (Å²) in [5, 5.41) is 0. The zero-order chi connectivity index (χ0) is 9.70. The van der Waals surface area contributed by atoms with Crippen LogP contribution in [0, 0.1) is 0 Å². The highest BCUT2D eigenvalue weighted by Gasteiger charge is 1.79. The smallest absolute Gasteiger partial charge is 0.136 e. The van der Waals surface area contributed by atoms with Gasteiger partial charge in [0.1, 0.15) is 6.29 Å². The number of hydrogen-bond acceptors (Lipinski definition) is 3. The van der Waals surface area contributed by atoms with Gasteiger partial charge in [0.2, 0.25) is 0 Å². The van der Waals surface area contributed by atoms with Crippen molar-refractivity contribution < 1.29 is 9.53 Å². The lowest BCUT2D eigenvalue weighted by molar-refractivity contribution is -0.108. The molecule has 3 nitrogen and oxygen atoms in total. The molecule has 0 radical (unpaired) electrons. The Bertz CT molecular complexity index is 54.1. The highest BCUT2D eigenvalue weighted by Crippen LogP contribution is 1.55. The van der Waals surface area contributed by atoms with E-state index >= 15 is 0 Å². The van der Waals surface area contributed by atoms with E-state index in [2.05, 4.69) is 4.74 Å². The normalized spacial score (nSPS) is 9.64. The Balaban J connectivity index is -0.0000000965. The van der Waals surface area contributed by atoms with E-state index in [0.717, 1.165) is 6.61 Å². The van der Waals surface area contributed by atoms with E-state index in [1.807, 2.05) is 20.8 Å². The first-order chi connectivity index (χ1) is 5.18. The third kappa shape index (κ3) is 82.4. The molecule has 0 aromatic carbocycles. The predicted molar refractivity (Wildman–Crippen MR) is 48.6 cm³/mol. The third-order valence-corrected chi connectivity index (χ3v) is 0.503. The molecule has 0 aliphatic rings. The molecule has 0 aromatic rings. The zero-order valence-electron chi connectivity index (χ0n) is 8.26. The van der Waals surface area contributed by atoms with Gasteiger partial charge in [-0.25, -0.2) is 0 Å². The van der Waals surface area contributed by atoms with E-state index in [9.17, 15) is 4.79 Å². The molecule has 0 bridgehead atoms. The van der Waals surface area contributed by atoms with Gasteiger partial charge in [0, 0.05) is 13.7 Å². The molecule has 0 spiro atoms. The van der Waals surface area contributed by atoms with Crippen molar-refractivity contribution in [3.05, 3.63) is 0 Å². The quantitative estimate of drug-likeness (QED) is 0.622. The van der Waals surface area contributed by atoms with Crippen molar-refractivity contribution in [2.24, 2.45) is 5.73 Å². The minimum Gasteiger partial charge on any atom is -0.385 e. The topological polar surface area (TPSA) is 52.3 Å². The van der Waals surface area contributed by atoms with Crippen LogP contribution in [0.4, 0.5) is 0 Å². The van der Waals surface area contributed by atoms with Gasteiger partial charge in [0.15, 0.2) is 0 Å². The summed E-state index contributed by atoms with van der Waals surface area (Å²) in [4.78, 5) is 9.38. The summed E-state index contributed by atoms with van der Waals surface area (Å²) < 4.78 is 4.54. The average molecular weight is 163 g/mol. The summed E-state index contributed by atoms with van der Waals surface area (Å²) in [7, 11) is 1.68. The van der Waals surface area contributed by atoms with Crippen LogP contribution in [0.1, 0.15) is 27.7 Å². The fourth-order valence-corrected chi connectivity index (χ4v) is 0. The highest BCUT2D eigenvalue weighted by molar-refractivity contribution is 5.55. The van der Waals surface area contributed by atoms with Gasteiger partial charge < -0.3 is 15.3 Å². The molecule has 0 amide bonds. The van der Waals surface area contributed by atoms with Gasteiger partial charge in [-0.05, 0) is 13.8 Å². The maximum atomic E-state index is 9.38. The number of carbonyl (C=O) groups excluding carboxylic acids is 1. The molecular formula is C8H21NO2. The lowest BCUT2D eigenvalue weighted by Crippen LogP contribution is -2.15. The Morgan fingerprint density at radius 1 is 1.55 bits per heavy atom. The number of nitrogens with two attached hydrogens (primary N) is 1. The minimum absolute atomic E-state index is 0.296. The molecule has 70 valence electrons. The molecule has 0 rings (SSSR count). The van der Waals surface area contributed by atoms with Crippen LogP contribution in [0.15, 0.2) is 0 Å². The summed E-state index contributed by atoms with van der Waals surface area (Å²) in [6.07, 6.45) is 0.694. The lowest BCUT2D eigenvalue weighted by Gasteiger charge is -1.80. The second-order valence-corrected chi connectivity index (χ2v) is 1.57. The molecular weight excluding hydrogens is 142 g/mol. The number of rotatable bonds is 2. The average Bonchev–Trinajstić information content (AvgIpc) is 2.08. The van der Waals surface area contributed by atoms with Crippen molar-refractivity contribution in [3.63, 3.8) is 0 Å². The number of ether oxygens (including phenoxy) is 1. The van der Waals surface area contributed by atoms with Gasteiger partial charge in [-0.1, -0.05) is 13.8 Å². The van der Waals surface area contributed by atoms with Gasteiger partial charge in [-0.3, -0.25) is 0 Å². The molecule has 0 saturated heterocycles. The predicted octanol–water partition coefficient (Wildman–Crippen LogP) is 1.21. The first-order valence-electron chi connectivity index (χ1n) is 3.88. The molecule has 0 heterocycles. The van der Waals surface area contributed by atoms with Crippen LogP contribution >= 0.6 is 0 Å². The van der Waals surface area contributed by atoms with Gasteiger partial charge in [-0.15, -0.1) is 0 Å². The SMILES string of the molecule is CC.CC(N)C=O.CCOC. The van der Waals surface area contributed by atoms with Crippen LogP contribution in [0.3, 0.4) is 0 Å². The van der Waals surface area contributed by atoms with Crippen LogP contribution in [-0.4, -0.2) is 26.0 Å². The molecule has 0 fully saturated rings. The maximum Gasteiger partial charge on any atom is 0.136 e. The number of hydrogen-bond donors (Lipinski definition) is 1. The zero-order valence-corrected chi connectivity index (χ0v) is 8.26. The Morgan fingerprint density at radius 2 is 1.73 bits per heavy atom. The van der Waals surface area contributed by atoms with Crippen LogP contribution in [0.2, 0.25) is 0 Å². The van der Waals surface area contributed by atoms with E-state index in [1.54, 1.807) is 14.0 Å². The second-order valence-electron chi connectivity index (χ2n) is 1.57. The summed E-state index contributed by atoms with van der Waals surface area (Å²) in [6.45, 7) is 8.41. The fourth-order valence-electron chi connectivity index (χ4n) is 0. The van der Waals surface area contributed by atoms with Gasteiger partial charge in [-0.2, -0.15) is 0 Å². The lowest BCUT2D eigenvalue weighted by atomic mass is 10.4. The summed E-state index contributed by atoms with van der Waals surface area (Å²) in [6, 6.07) is -0.296. The number of methoxy groups -OCH3 is 1. The highest BCUT2D eigenvalue weighted by atomic mass is 16.5. The van der Waals surface area contributed by atoms with Crippen molar-refractivity contribution in [2.75, 3.05) is 13.7 Å². The van der Waals surface area contributed by atoms with Crippen LogP contribution in [0.5, 0.6) is 0 Å². The molecule has 3 heteroatoms. The molecule has 0 saturated carbocycles. The first-order valence-corrected chi connectivity index (χ1v) is 3.88. The molecule has 1 unspecified atom stereocenters. The standard InChI is InChI=1S/C3H7NO.C3H8O.C2H6/c1-3(4)2-5;1-3-4-2;1-2/h2-3H,4H2,1H3;3H2,1-2H3;1-2H3. The Hall–Kier alpha value is -0.410. The van der Waals surface area contributed by atoms with E-state index in [-0.39, 0.29) is 6.04 Å². The van der Waals surface area contributed by atoms with Crippen LogP contribution in [-0.2, 0) is 9.53 Å². The molecule has 0 aliphatic carbocycles. The molecule has 0 aliphatic heterocycles. The van der Waals surface area contributed by atoms with Crippen molar-refractivity contribution in [1.29, 1.82) is 0 Å². The first kappa shape index (κ1) is 16.9. The van der Waals surface area contributed by atoms with Crippen molar-refractivity contribution >= 4 is 6.29 Å². The second kappa shape index (κ2) is 22.6. The van der Waals surface area contributed by atoms with E-state index in [0.29, 0.717) is 6.29 Å². The summed E-state index contributed by atoms with van der Waals surface area (Å²) in [5.74, 6) is 0. The van der Waals surface area contributed by atoms with Gasteiger partial charge in [0.25, 0.3) is 0 Å². The van der Waals surface area contributed by atoms with Crippen molar-refractivity contribution in [3.8, 4) is 0 Å². The summed E-state index contributed by atoms with van der Waals surface area (Å²) in [5.41, 5.74) is 4.92. The Morgan fingerprint density at radius 3 is 1.73 bits per heavy atom. The fraction of sp³-hybridized carbons (Fsp3) is 0.875. The number of carbonyl (C=O) groups is 1. The van der Waals surface area contributed by atoms with Gasteiger partial charge in [0.05, 0.1) is 6.04 Å². The van der Waals surface area contributed by atoms with Crippen molar-refractivity contribution in [2.45, 2.75) is 33.7 Å². The molecule has 2 N–H and O–H groups in total. The maximum absolute atomic E-state index is 9.38. The number of aldehydes is 1.